The van der Waals surface area contributed by atoms with Crippen LogP contribution in [-0.2, 0) is 0 Å². The largest absolute Gasteiger partial charge is 0.321 e. The minimum atomic E-state index is 0.896. The molecule has 1 nitrogen and oxygen atoms in total. The number of quaternary nitrogens is 1. The first-order valence-corrected chi connectivity index (χ1v) is 5.61. The number of hydrogen-bond acceptors (Lipinski definition) is 0. The molecule has 0 aromatic carbocycles. The van der Waals surface area contributed by atoms with Gasteiger partial charge in [-0.2, -0.15) is 0 Å². The molecule has 1 aliphatic heterocycles. The third-order valence-electron chi connectivity index (χ3n) is 3.65. The molecule has 1 saturated heterocycles. The third kappa shape index (κ3) is 1.82. The highest BCUT2D eigenvalue weighted by atomic mass is 15.4. The lowest BCUT2D eigenvalue weighted by Crippen LogP contribution is -2.52. The summed E-state index contributed by atoms with van der Waals surface area (Å²) >= 11 is 0. The van der Waals surface area contributed by atoms with Crippen molar-refractivity contribution in [3.8, 4) is 0 Å². The van der Waals surface area contributed by atoms with Gasteiger partial charge in [0.2, 0.25) is 0 Å². The van der Waals surface area contributed by atoms with E-state index >= 15 is 0 Å². The van der Waals surface area contributed by atoms with E-state index in [0.29, 0.717) is 0 Å². The topological polar surface area (TPSA) is 0 Å². The second-order valence-corrected chi connectivity index (χ2v) is 4.35. The maximum Gasteiger partial charge on any atom is 0.0859 e. The van der Waals surface area contributed by atoms with Crippen LogP contribution in [0.15, 0.2) is 0 Å². The van der Waals surface area contributed by atoms with E-state index in [1.807, 2.05) is 0 Å². The molecule has 0 aromatic heterocycles. The Morgan fingerprint density at radius 1 is 1.17 bits per heavy atom. The molecular weight excluding hydrogens is 146 g/mol. The summed E-state index contributed by atoms with van der Waals surface area (Å²) in [5.74, 6) is 0. The Bertz CT molecular complexity index is 125. The maximum absolute atomic E-state index is 2.43. The van der Waals surface area contributed by atoms with Crippen molar-refractivity contribution in [2.45, 2.75) is 52.5 Å². The molecule has 0 radical (unpaired) electrons. The molecule has 0 bridgehead atoms. The first-order valence-electron chi connectivity index (χ1n) is 5.61. The van der Waals surface area contributed by atoms with Crippen molar-refractivity contribution in [2.75, 3.05) is 19.6 Å². The van der Waals surface area contributed by atoms with Crippen LogP contribution >= 0.6 is 0 Å². The average molecular weight is 170 g/mol. The van der Waals surface area contributed by atoms with Crippen LogP contribution in [0.2, 0.25) is 0 Å². The van der Waals surface area contributed by atoms with Gasteiger partial charge in [0.25, 0.3) is 0 Å². The van der Waals surface area contributed by atoms with Crippen molar-refractivity contribution in [2.24, 2.45) is 0 Å². The first-order chi connectivity index (χ1) is 5.75. The molecule has 1 rings (SSSR count). The van der Waals surface area contributed by atoms with Crippen LogP contribution < -0.4 is 0 Å². The summed E-state index contributed by atoms with van der Waals surface area (Å²) < 4.78 is 1.42. The van der Waals surface area contributed by atoms with Crippen LogP contribution in [0.5, 0.6) is 0 Å². The third-order valence-corrected chi connectivity index (χ3v) is 3.65. The molecule has 1 atom stereocenters. The van der Waals surface area contributed by atoms with E-state index in [0.717, 1.165) is 6.04 Å². The lowest BCUT2D eigenvalue weighted by molar-refractivity contribution is -0.938. The van der Waals surface area contributed by atoms with Crippen LogP contribution in [0, 0.1) is 0 Å². The molecule has 1 fully saturated rings. The van der Waals surface area contributed by atoms with Gasteiger partial charge in [-0.1, -0.05) is 13.8 Å². The zero-order chi connectivity index (χ0) is 9.03. The summed E-state index contributed by atoms with van der Waals surface area (Å²) in [5, 5.41) is 0. The number of hydrogen-bond donors (Lipinski definition) is 0. The normalized spacial score (nSPS) is 24.2. The Morgan fingerprint density at radius 3 is 2.17 bits per heavy atom. The Labute approximate surface area is 77.4 Å². The predicted octanol–water partition coefficient (Wildman–Crippen LogP) is 2.81. The summed E-state index contributed by atoms with van der Waals surface area (Å²) in [4.78, 5) is 0. The van der Waals surface area contributed by atoms with Gasteiger partial charge in [-0.3, -0.25) is 0 Å². The van der Waals surface area contributed by atoms with Gasteiger partial charge < -0.3 is 4.48 Å². The van der Waals surface area contributed by atoms with E-state index in [1.165, 1.54) is 49.8 Å². The van der Waals surface area contributed by atoms with Crippen molar-refractivity contribution in [1.29, 1.82) is 0 Å². The Morgan fingerprint density at radius 2 is 1.75 bits per heavy atom. The summed E-state index contributed by atoms with van der Waals surface area (Å²) in [6.07, 6.45) is 5.62. The number of nitrogens with zero attached hydrogens (tertiary/aromatic N) is 1. The highest BCUT2D eigenvalue weighted by Gasteiger charge is 2.35. The quantitative estimate of drug-likeness (QED) is 0.569. The highest BCUT2D eigenvalue weighted by Crippen LogP contribution is 2.25. The van der Waals surface area contributed by atoms with Gasteiger partial charge in [0.1, 0.15) is 0 Å². The Balaban J connectivity index is 2.57. The zero-order valence-corrected chi connectivity index (χ0v) is 8.97. The molecule has 12 heavy (non-hydrogen) atoms. The monoisotopic (exact) mass is 170 g/mol. The van der Waals surface area contributed by atoms with E-state index in [4.69, 9.17) is 0 Å². The van der Waals surface area contributed by atoms with Gasteiger partial charge in [-0.05, 0) is 19.8 Å². The molecule has 0 saturated carbocycles. The molecule has 0 aliphatic carbocycles. The van der Waals surface area contributed by atoms with Crippen LogP contribution in [0.25, 0.3) is 0 Å². The van der Waals surface area contributed by atoms with Crippen molar-refractivity contribution < 1.29 is 4.48 Å². The van der Waals surface area contributed by atoms with E-state index < -0.39 is 0 Å². The maximum atomic E-state index is 2.43. The van der Waals surface area contributed by atoms with E-state index in [2.05, 4.69) is 20.8 Å². The number of rotatable bonds is 4. The van der Waals surface area contributed by atoms with Gasteiger partial charge in [-0.25, -0.2) is 0 Å². The minimum Gasteiger partial charge on any atom is -0.321 e. The second kappa shape index (κ2) is 4.27. The standard InChI is InChI=1S/C11H24N/c1-4-8-12(11(3)5-2)9-6-7-10-12/h11H,4-10H2,1-3H3/q+1. The molecule has 0 spiro atoms. The van der Waals surface area contributed by atoms with Gasteiger partial charge >= 0.3 is 0 Å². The molecule has 0 N–H and O–H groups in total. The summed E-state index contributed by atoms with van der Waals surface area (Å²) in [6.45, 7) is 11.4. The van der Waals surface area contributed by atoms with E-state index in [9.17, 15) is 0 Å². The molecular formula is C11H24N+. The van der Waals surface area contributed by atoms with Gasteiger partial charge in [0.05, 0.1) is 25.7 Å². The number of likely N-dealkylation sites (tertiary alicyclic amines) is 1. The Kier molecular flexibility index (Phi) is 3.57. The lowest BCUT2D eigenvalue weighted by atomic mass is 10.1. The smallest absolute Gasteiger partial charge is 0.0859 e. The summed E-state index contributed by atoms with van der Waals surface area (Å²) in [6, 6.07) is 0.896. The van der Waals surface area contributed by atoms with Gasteiger partial charge in [-0.15, -0.1) is 0 Å². The zero-order valence-electron chi connectivity index (χ0n) is 8.97. The van der Waals surface area contributed by atoms with Gasteiger partial charge in [0.15, 0.2) is 0 Å². The van der Waals surface area contributed by atoms with Crippen LogP contribution in [0.3, 0.4) is 0 Å². The van der Waals surface area contributed by atoms with Crippen molar-refractivity contribution in [1.82, 2.24) is 0 Å². The predicted molar refractivity (Wildman–Crippen MR) is 54.1 cm³/mol. The first kappa shape index (κ1) is 10.0. The SMILES string of the molecule is CCC[N+]1(C(C)CC)CCCC1. The molecule has 1 unspecified atom stereocenters. The Hall–Kier alpha value is -0.0400. The van der Waals surface area contributed by atoms with Crippen LogP contribution in [0.4, 0.5) is 0 Å². The van der Waals surface area contributed by atoms with Crippen molar-refractivity contribution in [3.63, 3.8) is 0 Å². The van der Waals surface area contributed by atoms with E-state index in [-0.39, 0.29) is 0 Å². The molecule has 1 heteroatoms. The minimum absolute atomic E-state index is 0.896. The molecule has 72 valence electrons. The van der Waals surface area contributed by atoms with Gasteiger partial charge in [0, 0.05) is 12.8 Å². The van der Waals surface area contributed by atoms with E-state index in [1.54, 1.807) is 0 Å². The molecule has 0 aromatic rings. The summed E-state index contributed by atoms with van der Waals surface area (Å²) in [5.41, 5.74) is 0. The fraction of sp³-hybridized carbons (Fsp3) is 1.00. The molecule has 1 aliphatic rings. The molecule has 1 heterocycles. The average Bonchev–Trinajstić information content (AvgIpc) is 2.53. The molecule has 0 amide bonds. The second-order valence-electron chi connectivity index (χ2n) is 4.35. The fourth-order valence-electron chi connectivity index (χ4n) is 2.68. The van der Waals surface area contributed by atoms with Crippen LogP contribution in [0.1, 0.15) is 46.5 Å². The fourth-order valence-corrected chi connectivity index (χ4v) is 2.68. The lowest BCUT2D eigenvalue weighted by Gasteiger charge is -2.39. The summed E-state index contributed by atoms with van der Waals surface area (Å²) in [7, 11) is 0. The van der Waals surface area contributed by atoms with Crippen molar-refractivity contribution >= 4 is 0 Å². The van der Waals surface area contributed by atoms with Crippen LogP contribution in [-0.4, -0.2) is 30.2 Å². The van der Waals surface area contributed by atoms with Crippen molar-refractivity contribution in [3.05, 3.63) is 0 Å². The highest BCUT2D eigenvalue weighted by molar-refractivity contribution is 4.60.